The Morgan fingerprint density at radius 2 is 1.73 bits per heavy atom. The van der Waals surface area contributed by atoms with Gasteiger partial charge in [0.2, 0.25) is 0 Å². The van der Waals surface area contributed by atoms with Crippen molar-refractivity contribution in [1.29, 1.82) is 0 Å². The van der Waals surface area contributed by atoms with Gasteiger partial charge >= 0.3 is 12.1 Å². The number of anilines is 1. The molecule has 2 heterocycles. The van der Waals surface area contributed by atoms with Gasteiger partial charge in [-0.1, -0.05) is 30.3 Å². The van der Waals surface area contributed by atoms with Gasteiger partial charge in [-0.25, -0.2) is 9.59 Å². The van der Waals surface area contributed by atoms with E-state index in [2.05, 4.69) is 0 Å². The fourth-order valence-corrected chi connectivity index (χ4v) is 4.22. The van der Waals surface area contributed by atoms with Crippen molar-refractivity contribution < 1.29 is 28.6 Å². The zero-order valence-electron chi connectivity index (χ0n) is 16.9. The van der Waals surface area contributed by atoms with Gasteiger partial charge in [-0.3, -0.25) is 14.6 Å². The Kier molecular flexibility index (Phi) is 4.85. The highest BCUT2D eigenvalue weighted by molar-refractivity contribution is 6.17. The first-order chi connectivity index (χ1) is 14.4. The van der Waals surface area contributed by atoms with Gasteiger partial charge in [0.05, 0.1) is 20.3 Å². The number of hydrogen-bond acceptors (Lipinski definition) is 6. The van der Waals surface area contributed by atoms with E-state index in [0.717, 1.165) is 5.56 Å². The first kappa shape index (κ1) is 19.8. The highest BCUT2D eigenvalue weighted by Crippen LogP contribution is 2.45. The van der Waals surface area contributed by atoms with Crippen LogP contribution in [-0.4, -0.2) is 55.3 Å². The number of carbonyl (C=O) groups excluding carboxylic acids is 3. The molecule has 2 fully saturated rings. The number of carbonyl (C=O) groups is 3. The average Bonchev–Trinajstić information content (AvgIpc) is 3.14. The molecule has 0 spiro atoms. The number of benzene rings is 2. The van der Waals surface area contributed by atoms with Gasteiger partial charge < -0.3 is 14.2 Å². The number of amides is 2. The van der Waals surface area contributed by atoms with Crippen LogP contribution < -0.4 is 9.64 Å². The number of cyclic esters (lactones) is 1. The minimum atomic E-state index is -1.41. The first-order valence-corrected chi connectivity index (χ1v) is 9.50. The molecular weight excluding hydrogens is 388 g/mol. The van der Waals surface area contributed by atoms with Crippen LogP contribution in [0.3, 0.4) is 0 Å². The Hall–Kier alpha value is -3.55. The molecule has 2 amide bonds. The van der Waals surface area contributed by atoms with Crippen LogP contribution in [0, 0.1) is 0 Å². The second-order valence-electron chi connectivity index (χ2n) is 7.32. The third-order valence-corrected chi connectivity index (χ3v) is 5.75. The zero-order chi connectivity index (χ0) is 21.5. The van der Waals surface area contributed by atoms with Gasteiger partial charge in [-0.2, -0.15) is 0 Å². The van der Waals surface area contributed by atoms with Crippen LogP contribution in [0.15, 0.2) is 54.6 Å². The third kappa shape index (κ3) is 2.79. The number of β-lactam (4-membered cyclic amide) rings is 1. The zero-order valence-corrected chi connectivity index (χ0v) is 16.9. The Morgan fingerprint density at radius 3 is 2.33 bits per heavy atom. The monoisotopic (exact) mass is 410 g/mol. The van der Waals surface area contributed by atoms with Gasteiger partial charge in [0, 0.05) is 5.69 Å². The van der Waals surface area contributed by atoms with Crippen molar-refractivity contribution >= 4 is 23.7 Å². The van der Waals surface area contributed by atoms with Crippen LogP contribution in [-0.2, 0) is 19.1 Å². The lowest BCUT2D eigenvalue weighted by molar-refractivity contribution is -0.160. The summed E-state index contributed by atoms with van der Waals surface area (Å²) in [5, 5.41) is 0. The summed E-state index contributed by atoms with van der Waals surface area (Å²) in [5.41, 5.74) is -0.0726. The Bertz CT molecular complexity index is 977. The molecule has 0 saturated carbocycles. The van der Waals surface area contributed by atoms with Crippen LogP contribution in [0.25, 0.3) is 0 Å². The normalized spacial score (nSPS) is 25.6. The van der Waals surface area contributed by atoms with Crippen molar-refractivity contribution in [3.63, 3.8) is 0 Å². The number of rotatable bonds is 5. The maximum Gasteiger partial charge on any atom is 0.411 e. The Labute approximate surface area is 173 Å². The molecule has 4 rings (SSSR count). The van der Waals surface area contributed by atoms with Crippen LogP contribution in [0.5, 0.6) is 5.75 Å². The summed E-state index contributed by atoms with van der Waals surface area (Å²) in [6.45, 7) is 1.70. The maximum absolute atomic E-state index is 13.3. The van der Waals surface area contributed by atoms with Crippen LogP contribution in [0.2, 0.25) is 0 Å². The molecular formula is C22H22N2O6. The number of ether oxygens (including phenoxy) is 3. The number of methoxy groups -OCH3 is 2. The molecule has 30 heavy (non-hydrogen) atoms. The SMILES string of the molecule is COC(=O)[C@]1(C)[C@H](N2C(=O)OC[C@@H]2c2ccccc2)C(=O)N1c1ccc(OC)cc1. The number of hydrogen-bond donors (Lipinski definition) is 0. The molecule has 0 aromatic heterocycles. The average molecular weight is 410 g/mol. The van der Waals surface area contributed by atoms with E-state index >= 15 is 0 Å². The quantitative estimate of drug-likeness (QED) is 0.556. The molecule has 2 aromatic rings. The topological polar surface area (TPSA) is 85.4 Å². The first-order valence-electron chi connectivity index (χ1n) is 9.50. The smallest absolute Gasteiger partial charge is 0.411 e. The lowest BCUT2D eigenvalue weighted by Crippen LogP contribution is -2.81. The highest BCUT2D eigenvalue weighted by Gasteiger charge is 2.68. The van der Waals surface area contributed by atoms with Crippen molar-refractivity contribution in [2.24, 2.45) is 0 Å². The molecule has 0 aliphatic carbocycles. The summed E-state index contributed by atoms with van der Waals surface area (Å²) >= 11 is 0. The second kappa shape index (κ2) is 7.37. The second-order valence-corrected chi connectivity index (χ2v) is 7.32. The molecule has 3 atom stereocenters. The van der Waals surface area contributed by atoms with Gasteiger partial charge in [0.1, 0.15) is 18.4 Å². The summed E-state index contributed by atoms with van der Waals surface area (Å²) in [4.78, 5) is 41.5. The van der Waals surface area contributed by atoms with Crippen LogP contribution in [0.4, 0.5) is 10.5 Å². The molecule has 156 valence electrons. The molecule has 2 aliphatic heterocycles. The molecule has 0 unspecified atom stereocenters. The number of esters is 1. The van der Waals surface area contributed by atoms with E-state index in [1.807, 2.05) is 30.3 Å². The van der Waals surface area contributed by atoms with Crippen LogP contribution >= 0.6 is 0 Å². The van der Waals surface area contributed by atoms with Gasteiger partial charge in [-0.15, -0.1) is 0 Å². The van der Waals surface area contributed by atoms with E-state index in [1.54, 1.807) is 38.3 Å². The number of nitrogens with zero attached hydrogens (tertiary/aromatic N) is 2. The minimum absolute atomic E-state index is 0.104. The van der Waals surface area contributed by atoms with Crippen molar-refractivity contribution in [2.75, 3.05) is 25.7 Å². The largest absolute Gasteiger partial charge is 0.497 e. The van der Waals surface area contributed by atoms with E-state index in [-0.39, 0.29) is 12.5 Å². The molecule has 0 radical (unpaired) electrons. The maximum atomic E-state index is 13.3. The molecule has 8 heteroatoms. The van der Waals surface area contributed by atoms with E-state index in [1.165, 1.54) is 16.9 Å². The molecule has 8 nitrogen and oxygen atoms in total. The Balaban J connectivity index is 1.74. The van der Waals surface area contributed by atoms with Crippen molar-refractivity contribution in [1.82, 2.24) is 4.90 Å². The van der Waals surface area contributed by atoms with E-state index in [9.17, 15) is 14.4 Å². The predicted octanol–water partition coefficient (Wildman–Crippen LogP) is 2.54. The Morgan fingerprint density at radius 1 is 1.07 bits per heavy atom. The van der Waals surface area contributed by atoms with Crippen molar-refractivity contribution in [2.45, 2.75) is 24.5 Å². The molecule has 0 bridgehead atoms. The van der Waals surface area contributed by atoms with Gasteiger partial charge in [0.15, 0.2) is 5.54 Å². The summed E-state index contributed by atoms with van der Waals surface area (Å²) in [6.07, 6.45) is -0.633. The molecule has 0 N–H and O–H groups in total. The summed E-state index contributed by atoms with van der Waals surface area (Å²) in [5.74, 6) is -0.377. The van der Waals surface area contributed by atoms with Gasteiger partial charge in [0.25, 0.3) is 5.91 Å². The molecule has 2 aromatic carbocycles. The highest BCUT2D eigenvalue weighted by atomic mass is 16.6. The minimum Gasteiger partial charge on any atom is -0.497 e. The molecule has 2 saturated heterocycles. The fraction of sp³-hybridized carbons (Fsp3) is 0.318. The van der Waals surface area contributed by atoms with Crippen molar-refractivity contribution in [3.05, 3.63) is 60.2 Å². The van der Waals surface area contributed by atoms with E-state index < -0.39 is 29.7 Å². The van der Waals surface area contributed by atoms with E-state index in [0.29, 0.717) is 11.4 Å². The van der Waals surface area contributed by atoms with Crippen LogP contribution in [0.1, 0.15) is 18.5 Å². The summed E-state index contributed by atoms with van der Waals surface area (Å²) < 4.78 is 15.5. The van der Waals surface area contributed by atoms with E-state index in [4.69, 9.17) is 14.2 Å². The third-order valence-electron chi connectivity index (χ3n) is 5.75. The lowest BCUT2D eigenvalue weighted by Gasteiger charge is -2.55. The summed E-state index contributed by atoms with van der Waals surface area (Å²) in [7, 11) is 2.80. The predicted molar refractivity (Wildman–Crippen MR) is 107 cm³/mol. The van der Waals surface area contributed by atoms with Gasteiger partial charge in [-0.05, 0) is 36.8 Å². The lowest BCUT2D eigenvalue weighted by atomic mass is 9.77. The van der Waals surface area contributed by atoms with Crippen molar-refractivity contribution in [3.8, 4) is 5.75 Å². The fourth-order valence-electron chi connectivity index (χ4n) is 4.22. The molecule has 2 aliphatic rings. The summed E-state index contributed by atoms with van der Waals surface area (Å²) in [6, 6.07) is 14.5. The standard InChI is InChI=1S/C22H22N2O6/c1-22(20(26)29-3)18(19(25)24(22)15-9-11-16(28-2)12-10-15)23-17(13-30-21(23)27)14-7-5-4-6-8-14/h4-12,17-18H,13H2,1-3H3/t17-,18-,22+/m1/s1.